The van der Waals surface area contributed by atoms with Crippen molar-refractivity contribution in [2.24, 2.45) is 11.1 Å². The molecule has 1 atom stereocenters. The van der Waals surface area contributed by atoms with Gasteiger partial charge in [-0.3, -0.25) is 4.90 Å². The van der Waals surface area contributed by atoms with Gasteiger partial charge in [-0.1, -0.05) is 37.6 Å². The second-order valence-corrected chi connectivity index (χ2v) is 7.59. The number of piperidine rings is 1. The molecule has 0 spiro atoms. The van der Waals surface area contributed by atoms with Crippen molar-refractivity contribution in [1.82, 2.24) is 4.90 Å². The van der Waals surface area contributed by atoms with Gasteiger partial charge in [-0.05, 0) is 62.4 Å². The molecule has 2 nitrogen and oxygen atoms in total. The Balaban J connectivity index is 2.07. The Morgan fingerprint density at radius 1 is 1.20 bits per heavy atom. The maximum Gasteiger partial charge on any atom is 0.0406 e. The highest BCUT2D eigenvalue weighted by Gasteiger charge is 2.35. The zero-order chi connectivity index (χ0) is 14.8. The largest absolute Gasteiger partial charge is 0.329 e. The van der Waals surface area contributed by atoms with E-state index in [1.165, 1.54) is 18.4 Å². The molecule has 0 aliphatic carbocycles. The normalized spacial score (nSPS) is 22.4. The van der Waals surface area contributed by atoms with E-state index in [1.54, 1.807) is 0 Å². The van der Waals surface area contributed by atoms with Crippen LogP contribution in [0.4, 0.5) is 0 Å². The first-order valence-electron chi connectivity index (χ1n) is 7.54. The third kappa shape index (κ3) is 3.75. The molecule has 112 valence electrons. The van der Waals surface area contributed by atoms with Gasteiger partial charge in [0, 0.05) is 17.1 Å². The fourth-order valence-electron chi connectivity index (χ4n) is 3.01. The van der Waals surface area contributed by atoms with Crippen LogP contribution in [-0.2, 0) is 6.42 Å². The van der Waals surface area contributed by atoms with Crippen LogP contribution >= 0.6 is 11.6 Å². The van der Waals surface area contributed by atoms with Gasteiger partial charge in [0.05, 0.1) is 0 Å². The third-order valence-electron chi connectivity index (χ3n) is 4.82. The molecule has 20 heavy (non-hydrogen) atoms. The molecule has 0 radical (unpaired) electrons. The molecule has 1 aromatic carbocycles. The number of hydrogen-bond acceptors (Lipinski definition) is 2. The van der Waals surface area contributed by atoms with E-state index in [0.717, 1.165) is 24.5 Å². The molecule has 1 aliphatic rings. The quantitative estimate of drug-likeness (QED) is 0.917. The summed E-state index contributed by atoms with van der Waals surface area (Å²) in [6, 6.07) is 8.16. The lowest BCUT2D eigenvalue weighted by molar-refractivity contribution is 0.0430. The van der Waals surface area contributed by atoms with E-state index in [2.05, 4.69) is 37.8 Å². The fraction of sp³-hybridized carbons (Fsp3) is 0.647. The summed E-state index contributed by atoms with van der Waals surface area (Å²) in [4.78, 5) is 2.58. The lowest BCUT2D eigenvalue weighted by Gasteiger charge is -2.47. The highest BCUT2D eigenvalue weighted by molar-refractivity contribution is 6.30. The molecule has 3 heteroatoms. The first-order valence-corrected chi connectivity index (χ1v) is 7.92. The van der Waals surface area contributed by atoms with Crippen LogP contribution in [0.2, 0.25) is 5.02 Å². The van der Waals surface area contributed by atoms with Crippen molar-refractivity contribution in [2.75, 3.05) is 19.6 Å². The Morgan fingerprint density at radius 2 is 1.75 bits per heavy atom. The minimum atomic E-state index is 0.0460. The van der Waals surface area contributed by atoms with Crippen molar-refractivity contribution < 1.29 is 0 Å². The van der Waals surface area contributed by atoms with Gasteiger partial charge in [-0.2, -0.15) is 0 Å². The van der Waals surface area contributed by atoms with Crippen molar-refractivity contribution >= 4 is 11.6 Å². The molecule has 1 aliphatic heterocycles. The number of halogens is 1. The van der Waals surface area contributed by atoms with Crippen molar-refractivity contribution in [3.8, 4) is 0 Å². The van der Waals surface area contributed by atoms with E-state index in [1.807, 2.05) is 12.1 Å². The molecule has 1 saturated heterocycles. The summed E-state index contributed by atoms with van der Waals surface area (Å²) in [5, 5.41) is 0.794. The van der Waals surface area contributed by atoms with Crippen LogP contribution in [0.3, 0.4) is 0 Å². The van der Waals surface area contributed by atoms with E-state index < -0.39 is 0 Å². The Morgan fingerprint density at radius 3 is 2.25 bits per heavy atom. The summed E-state index contributed by atoms with van der Waals surface area (Å²) in [6.07, 6.45) is 3.49. The zero-order valence-electron chi connectivity index (χ0n) is 13.0. The highest BCUT2D eigenvalue weighted by atomic mass is 35.5. The molecule has 0 amide bonds. The fourth-order valence-corrected chi connectivity index (χ4v) is 3.13. The van der Waals surface area contributed by atoms with Gasteiger partial charge >= 0.3 is 0 Å². The van der Waals surface area contributed by atoms with E-state index in [0.29, 0.717) is 12.0 Å². The van der Waals surface area contributed by atoms with E-state index >= 15 is 0 Å². The topological polar surface area (TPSA) is 29.3 Å². The highest BCUT2D eigenvalue weighted by Crippen LogP contribution is 2.33. The Bertz CT molecular complexity index is 431. The van der Waals surface area contributed by atoms with Crippen LogP contribution in [-0.4, -0.2) is 30.1 Å². The molecular weight excluding hydrogens is 268 g/mol. The van der Waals surface area contributed by atoms with Crippen LogP contribution in [0.1, 0.15) is 39.2 Å². The standard InChI is InChI=1S/C17H27ClN2/c1-16(2)8-10-20(11-9-16)17(3,13-19)12-14-4-6-15(18)7-5-14/h4-7H,8-13,19H2,1-3H3. The average Bonchev–Trinajstić information content (AvgIpc) is 2.41. The summed E-state index contributed by atoms with van der Waals surface area (Å²) in [5.74, 6) is 0. The Hall–Kier alpha value is -0.570. The number of rotatable bonds is 4. The van der Waals surface area contributed by atoms with Crippen LogP contribution in [0, 0.1) is 5.41 Å². The second kappa shape index (κ2) is 6.05. The van der Waals surface area contributed by atoms with Crippen molar-refractivity contribution in [3.63, 3.8) is 0 Å². The molecule has 0 bridgehead atoms. The summed E-state index contributed by atoms with van der Waals surface area (Å²) in [5.41, 5.74) is 7.95. The maximum absolute atomic E-state index is 6.12. The van der Waals surface area contributed by atoms with E-state index in [9.17, 15) is 0 Å². The van der Waals surface area contributed by atoms with E-state index in [4.69, 9.17) is 17.3 Å². The lowest BCUT2D eigenvalue weighted by Crippen LogP contribution is -2.56. The van der Waals surface area contributed by atoms with Crippen molar-refractivity contribution in [3.05, 3.63) is 34.9 Å². The zero-order valence-corrected chi connectivity index (χ0v) is 13.7. The van der Waals surface area contributed by atoms with Crippen molar-refractivity contribution in [1.29, 1.82) is 0 Å². The molecule has 1 unspecified atom stereocenters. The first-order chi connectivity index (χ1) is 9.35. The number of likely N-dealkylation sites (tertiary alicyclic amines) is 1. The average molecular weight is 295 g/mol. The second-order valence-electron chi connectivity index (χ2n) is 7.16. The third-order valence-corrected chi connectivity index (χ3v) is 5.07. The molecule has 1 heterocycles. The summed E-state index contributed by atoms with van der Waals surface area (Å²) in [7, 11) is 0. The predicted molar refractivity (Wildman–Crippen MR) is 87.2 cm³/mol. The Kier molecular flexibility index (Phi) is 4.78. The van der Waals surface area contributed by atoms with Gasteiger partial charge in [0.2, 0.25) is 0 Å². The molecule has 0 aromatic heterocycles. The SMILES string of the molecule is CC1(C)CCN(C(C)(CN)Cc2ccc(Cl)cc2)CC1. The smallest absolute Gasteiger partial charge is 0.0406 e. The van der Waals surface area contributed by atoms with E-state index in [-0.39, 0.29) is 5.54 Å². The molecule has 0 saturated carbocycles. The number of hydrogen-bond donors (Lipinski definition) is 1. The minimum absolute atomic E-state index is 0.0460. The number of nitrogens with two attached hydrogens (primary N) is 1. The molecular formula is C17H27ClN2. The van der Waals surface area contributed by atoms with Crippen LogP contribution < -0.4 is 5.73 Å². The maximum atomic E-state index is 6.12. The van der Waals surface area contributed by atoms with Gasteiger partial charge in [-0.25, -0.2) is 0 Å². The van der Waals surface area contributed by atoms with Gasteiger partial charge in [0.25, 0.3) is 0 Å². The predicted octanol–water partition coefficient (Wildman–Crippen LogP) is 3.72. The van der Waals surface area contributed by atoms with Crippen molar-refractivity contribution in [2.45, 2.75) is 45.6 Å². The van der Waals surface area contributed by atoms with Gasteiger partial charge in [0.1, 0.15) is 0 Å². The molecule has 1 fully saturated rings. The van der Waals surface area contributed by atoms with Gasteiger partial charge in [0.15, 0.2) is 0 Å². The van der Waals surface area contributed by atoms with Gasteiger partial charge < -0.3 is 5.73 Å². The van der Waals surface area contributed by atoms with Crippen LogP contribution in [0.15, 0.2) is 24.3 Å². The van der Waals surface area contributed by atoms with Crippen LogP contribution in [0.25, 0.3) is 0 Å². The monoisotopic (exact) mass is 294 g/mol. The molecule has 2 rings (SSSR count). The lowest BCUT2D eigenvalue weighted by atomic mass is 9.80. The summed E-state index contributed by atoms with van der Waals surface area (Å²) in [6.45, 7) is 10.0. The summed E-state index contributed by atoms with van der Waals surface area (Å²) < 4.78 is 0. The first kappa shape index (κ1) is 15.8. The van der Waals surface area contributed by atoms with Crippen LogP contribution in [0.5, 0.6) is 0 Å². The van der Waals surface area contributed by atoms with Gasteiger partial charge in [-0.15, -0.1) is 0 Å². The number of benzene rings is 1. The molecule has 2 N–H and O–H groups in total. The summed E-state index contributed by atoms with van der Waals surface area (Å²) >= 11 is 5.96. The molecule has 1 aromatic rings. The Labute approximate surface area is 128 Å². The minimum Gasteiger partial charge on any atom is -0.329 e. The number of nitrogens with zero attached hydrogens (tertiary/aromatic N) is 1.